The summed E-state index contributed by atoms with van der Waals surface area (Å²) in [6.07, 6.45) is 0.722. The van der Waals surface area contributed by atoms with Crippen LogP contribution in [0.2, 0.25) is 0 Å². The lowest BCUT2D eigenvalue weighted by molar-refractivity contribution is -0.136. The van der Waals surface area contributed by atoms with E-state index in [4.69, 9.17) is 10.8 Å². The Bertz CT molecular complexity index is 297. The molecule has 1 aromatic rings. The molecule has 0 aliphatic heterocycles. The monoisotopic (exact) mass is 179 g/mol. The third-order valence-corrected chi connectivity index (χ3v) is 1.95. The molecule has 13 heavy (non-hydrogen) atoms. The van der Waals surface area contributed by atoms with E-state index in [0.717, 1.165) is 11.1 Å². The molecule has 70 valence electrons. The third kappa shape index (κ3) is 2.87. The van der Waals surface area contributed by atoms with Gasteiger partial charge < -0.3 is 10.8 Å². The van der Waals surface area contributed by atoms with Crippen LogP contribution in [0.15, 0.2) is 24.3 Å². The summed E-state index contributed by atoms with van der Waals surface area (Å²) in [7, 11) is 0. The van der Waals surface area contributed by atoms with E-state index in [1.807, 2.05) is 24.3 Å². The summed E-state index contributed by atoms with van der Waals surface area (Å²) in [5.74, 6) is -0.771. The zero-order chi connectivity index (χ0) is 9.68. The van der Waals surface area contributed by atoms with Crippen molar-refractivity contribution >= 4 is 5.97 Å². The van der Waals surface area contributed by atoms with Crippen LogP contribution in [0.25, 0.3) is 0 Å². The van der Waals surface area contributed by atoms with Crippen molar-refractivity contribution in [1.29, 1.82) is 0 Å². The van der Waals surface area contributed by atoms with Gasteiger partial charge in [0.1, 0.15) is 0 Å². The maximum Gasteiger partial charge on any atom is 0.303 e. The molecular weight excluding hydrogens is 166 g/mol. The Labute approximate surface area is 77.2 Å². The average Bonchev–Trinajstić information content (AvgIpc) is 2.15. The largest absolute Gasteiger partial charge is 0.481 e. The summed E-state index contributed by atoms with van der Waals surface area (Å²) in [6, 6.07) is 7.66. The van der Waals surface area contributed by atoms with Crippen molar-refractivity contribution in [2.45, 2.75) is 19.4 Å². The van der Waals surface area contributed by atoms with E-state index in [1.165, 1.54) is 0 Å². The number of hydrogen-bond acceptors (Lipinski definition) is 2. The normalized spacial score (nSPS) is 9.92. The molecule has 0 spiro atoms. The van der Waals surface area contributed by atoms with Crippen LogP contribution in [0.4, 0.5) is 0 Å². The van der Waals surface area contributed by atoms with Crippen LogP contribution in [-0.4, -0.2) is 11.1 Å². The molecule has 0 bridgehead atoms. The number of benzene rings is 1. The fourth-order valence-electron chi connectivity index (χ4n) is 1.24. The van der Waals surface area contributed by atoms with Crippen molar-refractivity contribution in [2.75, 3.05) is 0 Å². The highest BCUT2D eigenvalue weighted by atomic mass is 16.4. The first kappa shape index (κ1) is 9.74. The van der Waals surface area contributed by atoms with Crippen LogP contribution in [0.1, 0.15) is 17.5 Å². The smallest absolute Gasteiger partial charge is 0.303 e. The lowest BCUT2D eigenvalue weighted by atomic mass is 10.0. The molecule has 0 fully saturated rings. The highest BCUT2D eigenvalue weighted by Gasteiger charge is 2.02. The Hall–Kier alpha value is -1.35. The second kappa shape index (κ2) is 4.62. The number of carbonyl (C=O) groups is 1. The predicted octanol–water partition coefficient (Wildman–Crippen LogP) is 1.16. The summed E-state index contributed by atoms with van der Waals surface area (Å²) in [5.41, 5.74) is 7.58. The fourth-order valence-corrected chi connectivity index (χ4v) is 1.24. The van der Waals surface area contributed by atoms with Crippen LogP contribution < -0.4 is 5.73 Å². The molecule has 3 nitrogen and oxygen atoms in total. The van der Waals surface area contributed by atoms with Gasteiger partial charge in [0.15, 0.2) is 0 Å². The maximum atomic E-state index is 10.3. The Morgan fingerprint density at radius 1 is 1.31 bits per heavy atom. The van der Waals surface area contributed by atoms with Gasteiger partial charge in [-0.15, -0.1) is 0 Å². The van der Waals surface area contributed by atoms with Crippen LogP contribution >= 0.6 is 0 Å². The molecule has 0 unspecified atom stereocenters. The summed E-state index contributed by atoms with van der Waals surface area (Å²) >= 11 is 0. The minimum absolute atomic E-state index is 0.164. The topological polar surface area (TPSA) is 63.3 Å². The first-order valence-electron chi connectivity index (χ1n) is 4.22. The first-order chi connectivity index (χ1) is 6.24. The Morgan fingerprint density at radius 3 is 2.46 bits per heavy atom. The average molecular weight is 179 g/mol. The molecule has 0 heterocycles. The standard InChI is InChI=1S/C10H13NO2/c11-7-9-4-2-1-3-8(9)5-6-10(12)13/h1-4H,5-7,11H2,(H,12,13). The summed E-state index contributed by atoms with van der Waals surface area (Å²) in [5, 5.41) is 8.51. The van der Waals surface area contributed by atoms with E-state index in [1.54, 1.807) is 0 Å². The van der Waals surface area contributed by atoms with Crippen LogP contribution in [0.5, 0.6) is 0 Å². The van der Waals surface area contributed by atoms with Gasteiger partial charge in [0.2, 0.25) is 0 Å². The van der Waals surface area contributed by atoms with Crippen molar-refractivity contribution in [1.82, 2.24) is 0 Å². The van der Waals surface area contributed by atoms with E-state index >= 15 is 0 Å². The lowest BCUT2D eigenvalue weighted by Crippen LogP contribution is -2.04. The van der Waals surface area contributed by atoms with Gasteiger partial charge in [0.05, 0.1) is 0 Å². The second-order valence-electron chi connectivity index (χ2n) is 2.87. The minimum Gasteiger partial charge on any atom is -0.481 e. The number of carboxylic acids is 1. The summed E-state index contributed by atoms with van der Waals surface area (Å²) in [4.78, 5) is 10.3. The van der Waals surface area contributed by atoms with E-state index in [0.29, 0.717) is 13.0 Å². The Balaban J connectivity index is 2.69. The zero-order valence-corrected chi connectivity index (χ0v) is 7.36. The summed E-state index contributed by atoms with van der Waals surface area (Å²) in [6.45, 7) is 0.468. The number of hydrogen-bond donors (Lipinski definition) is 2. The Kier molecular flexibility index (Phi) is 3.46. The quantitative estimate of drug-likeness (QED) is 0.729. The fraction of sp³-hybridized carbons (Fsp3) is 0.300. The number of rotatable bonds is 4. The van der Waals surface area contributed by atoms with Crippen molar-refractivity contribution < 1.29 is 9.90 Å². The molecule has 0 atom stereocenters. The third-order valence-electron chi connectivity index (χ3n) is 1.95. The van der Waals surface area contributed by atoms with Gasteiger partial charge in [0, 0.05) is 13.0 Å². The van der Waals surface area contributed by atoms with Gasteiger partial charge in [-0.3, -0.25) is 4.79 Å². The lowest BCUT2D eigenvalue weighted by Gasteiger charge is -2.04. The maximum absolute atomic E-state index is 10.3. The van der Waals surface area contributed by atoms with Gasteiger partial charge in [-0.05, 0) is 17.5 Å². The molecule has 1 aromatic carbocycles. The van der Waals surface area contributed by atoms with Crippen molar-refractivity contribution in [3.63, 3.8) is 0 Å². The molecule has 0 radical (unpaired) electrons. The molecule has 3 heteroatoms. The predicted molar refractivity (Wildman–Crippen MR) is 50.3 cm³/mol. The number of aliphatic carboxylic acids is 1. The SMILES string of the molecule is NCc1ccccc1CCC(=O)O. The van der Waals surface area contributed by atoms with Crippen LogP contribution in [-0.2, 0) is 17.8 Å². The minimum atomic E-state index is -0.771. The molecule has 0 aliphatic rings. The zero-order valence-electron chi connectivity index (χ0n) is 7.36. The first-order valence-corrected chi connectivity index (χ1v) is 4.22. The van der Waals surface area contributed by atoms with E-state index < -0.39 is 5.97 Å². The number of carboxylic acid groups (broad SMARTS) is 1. The van der Waals surface area contributed by atoms with Crippen molar-refractivity contribution in [3.8, 4) is 0 Å². The molecule has 0 aliphatic carbocycles. The molecule has 0 aromatic heterocycles. The van der Waals surface area contributed by atoms with Gasteiger partial charge >= 0.3 is 5.97 Å². The summed E-state index contributed by atoms with van der Waals surface area (Å²) < 4.78 is 0. The molecule has 0 saturated heterocycles. The van der Waals surface area contributed by atoms with Gasteiger partial charge in [-0.2, -0.15) is 0 Å². The molecule has 0 saturated carbocycles. The number of aryl methyl sites for hydroxylation is 1. The highest BCUT2D eigenvalue weighted by Crippen LogP contribution is 2.09. The highest BCUT2D eigenvalue weighted by molar-refractivity contribution is 5.67. The Morgan fingerprint density at radius 2 is 1.92 bits per heavy atom. The van der Waals surface area contributed by atoms with Crippen molar-refractivity contribution in [3.05, 3.63) is 35.4 Å². The van der Waals surface area contributed by atoms with Gasteiger partial charge in [0.25, 0.3) is 0 Å². The van der Waals surface area contributed by atoms with E-state index in [9.17, 15) is 4.79 Å². The molecule has 0 amide bonds. The second-order valence-corrected chi connectivity index (χ2v) is 2.87. The number of nitrogens with two attached hydrogens (primary N) is 1. The van der Waals surface area contributed by atoms with E-state index in [-0.39, 0.29) is 6.42 Å². The van der Waals surface area contributed by atoms with Crippen molar-refractivity contribution in [2.24, 2.45) is 5.73 Å². The van der Waals surface area contributed by atoms with Gasteiger partial charge in [-0.25, -0.2) is 0 Å². The van der Waals surface area contributed by atoms with E-state index in [2.05, 4.69) is 0 Å². The molecule has 3 N–H and O–H groups in total. The molecule has 1 rings (SSSR count). The van der Waals surface area contributed by atoms with Crippen LogP contribution in [0.3, 0.4) is 0 Å². The van der Waals surface area contributed by atoms with Crippen LogP contribution in [0, 0.1) is 0 Å². The molecular formula is C10H13NO2. The van der Waals surface area contributed by atoms with Gasteiger partial charge in [-0.1, -0.05) is 24.3 Å².